The summed E-state index contributed by atoms with van der Waals surface area (Å²) in [5, 5.41) is 21.8. The zero-order valence-electron chi connectivity index (χ0n) is 16.0. The Kier molecular flexibility index (Phi) is 5.35. The maximum atomic E-state index is 12.4. The van der Waals surface area contributed by atoms with Crippen LogP contribution in [0.25, 0.3) is 11.1 Å². The summed E-state index contributed by atoms with van der Waals surface area (Å²) < 4.78 is 6.13. The van der Waals surface area contributed by atoms with Gasteiger partial charge in [-0.15, -0.1) is 0 Å². The fourth-order valence-corrected chi connectivity index (χ4v) is 2.88. The van der Waals surface area contributed by atoms with Crippen LogP contribution in [0.1, 0.15) is 0 Å². The molecule has 0 aliphatic carbocycles. The quantitative estimate of drug-likeness (QED) is 0.279. The fourth-order valence-electron chi connectivity index (χ4n) is 2.88. The molecule has 0 unspecified atom stereocenters. The average Bonchev–Trinajstić information content (AvgIpc) is 3.08. The molecule has 4 rings (SSSR count). The number of benzene rings is 3. The van der Waals surface area contributed by atoms with Crippen LogP contribution in [-0.4, -0.2) is 15.4 Å². The minimum Gasteiger partial charge on any atom is -0.407 e. The second-order valence-corrected chi connectivity index (χ2v) is 6.49. The van der Waals surface area contributed by atoms with Gasteiger partial charge in [0.25, 0.3) is 5.69 Å². The van der Waals surface area contributed by atoms with Crippen LogP contribution in [-0.2, 0) is 11.3 Å². The number of anilines is 1. The molecule has 4 aromatic rings. The Balaban J connectivity index is 1.44. The Morgan fingerprint density at radius 1 is 1.00 bits per heavy atom. The monoisotopic (exact) mass is 417 g/mol. The summed E-state index contributed by atoms with van der Waals surface area (Å²) in [7, 11) is 0. The lowest BCUT2D eigenvalue weighted by molar-refractivity contribution is -0.384. The maximum absolute atomic E-state index is 12.4. The van der Waals surface area contributed by atoms with E-state index in [1.165, 1.54) is 12.1 Å². The molecule has 0 aliphatic rings. The molecule has 0 fully saturated rings. The number of non-ortho nitro benzene ring substituents is 1. The van der Waals surface area contributed by atoms with Gasteiger partial charge in [0.15, 0.2) is 5.58 Å². The van der Waals surface area contributed by atoms with E-state index in [0.717, 1.165) is 16.3 Å². The Morgan fingerprint density at radius 2 is 1.68 bits per heavy atom. The molecule has 1 amide bonds. The molecule has 10 nitrogen and oxygen atoms in total. The molecular weight excluding hydrogens is 402 g/mol. The number of nitro groups is 1. The summed E-state index contributed by atoms with van der Waals surface area (Å²) in [5.74, 6) is -1.23. The first-order valence-electron chi connectivity index (χ1n) is 9.14. The van der Waals surface area contributed by atoms with Crippen molar-refractivity contribution in [3.8, 4) is 0 Å². The van der Waals surface area contributed by atoms with E-state index in [9.17, 15) is 19.7 Å². The lowest BCUT2D eigenvalue weighted by Crippen LogP contribution is -2.24. The minimum absolute atomic E-state index is 0.0418. The largest absolute Gasteiger partial charge is 0.420 e. The van der Waals surface area contributed by atoms with Crippen molar-refractivity contribution in [2.24, 2.45) is 10.2 Å². The fraction of sp³-hybridized carbons (Fsp3) is 0.0476. The highest BCUT2D eigenvalue weighted by Crippen LogP contribution is 2.21. The molecule has 1 aromatic heterocycles. The summed E-state index contributed by atoms with van der Waals surface area (Å²) in [6.45, 7) is -0.306. The summed E-state index contributed by atoms with van der Waals surface area (Å²) in [4.78, 5) is 34.7. The van der Waals surface area contributed by atoms with E-state index in [2.05, 4.69) is 15.5 Å². The van der Waals surface area contributed by atoms with Crippen molar-refractivity contribution >= 4 is 39.8 Å². The highest BCUT2D eigenvalue weighted by molar-refractivity contribution is 5.91. The van der Waals surface area contributed by atoms with Crippen molar-refractivity contribution in [1.82, 2.24) is 4.57 Å². The molecule has 0 bridgehead atoms. The molecule has 1 heterocycles. The number of amides is 1. The molecule has 0 radical (unpaired) electrons. The zero-order valence-corrected chi connectivity index (χ0v) is 16.0. The second-order valence-electron chi connectivity index (χ2n) is 6.49. The van der Waals surface area contributed by atoms with Crippen molar-refractivity contribution < 1.29 is 14.1 Å². The molecular formula is C21H15N5O5. The second kappa shape index (κ2) is 8.41. The highest BCUT2D eigenvalue weighted by atomic mass is 16.6. The number of hydrogen-bond donors (Lipinski definition) is 1. The van der Waals surface area contributed by atoms with Crippen molar-refractivity contribution in [2.45, 2.75) is 6.54 Å². The van der Waals surface area contributed by atoms with Gasteiger partial charge in [0.05, 0.1) is 27.9 Å². The summed E-state index contributed by atoms with van der Waals surface area (Å²) in [6, 6.07) is 19.8. The number of oxazole rings is 1. The van der Waals surface area contributed by atoms with Crippen LogP contribution < -0.4 is 11.1 Å². The number of azo groups is 1. The van der Waals surface area contributed by atoms with Crippen LogP contribution >= 0.6 is 0 Å². The smallest absolute Gasteiger partial charge is 0.407 e. The molecule has 1 N–H and O–H groups in total. The lowest BCUT2D eigenvalue weighted by atomic mass is 10.3. The van der Waals surface area contributed by atoms with E-state index in [-0.39, 0.29) is 17.8 Å². The topological polar surface area (TPSA) is 132 Å². The van der Waals surface area contributed by atoms with E-state index in [0.29, 0.717) is 16.9 Å². The third kappa shape index (κ3) is 4.53. The Morgan fingerprint density at radius 3 is 2.35 bits per heavy atom. The van der Waals surface area contributed by atoms with Crippen LogP contribution in [0.2, 0.25) is 0 Å². The van der Waals surface area contributed by atoms with Gasteiger partial charge in [-0.2, -0.15) is 10.2 Å². The molecule has 0 atom stereocenters. The van der Waals surface area contributed by atoms with Crippen LogP contribution in [0.4, 0.5) is 22.7 Å². The van der Waals surface area contributed by atoms with E-state index >= 15 is 0 Å². The van der Waals surface area contributed by atoms with Gasteiger partial charge in [-0.25, -0.2) is 4.79 Å². The van der Waals surface area contributed by atoms with Crippen LogP contribution in [0.15, 0.2) is 92.2 Å². The predicted octanol–water partition coefficient (Wildman–Crippen LogP) is 4.56. The van der Waals surface area contributed by atoms with Gasteiger partial charge in [0.2, 0.25) is 5.91 Å². The predicted molar refractivity (Wildman–Crippen MR) is 113 cm³/mol. The Hall–Kier alpha value is -4.60. The van der Waals surface area contributed by atoms with Crippen molar-refractivity contribution in [3.63, 3.8) is 0 Å². The number of nitro benzene ring substituents is 1. The maximum Gasteiger partial charge on any atom is 0.420 e. The first-order chi connectivity index (χ1) is 15.0. The van der Waals surface area contributed by atoms with Crippen LogP contribution in [0.5, 0.6) is 0 Å². The average molecular weight is 417 g/mol. The van der Waals surface area contributed by atoms with Gasteiger partial charge in [0.1, 0.15) is 6.54 Å². The van der Waals surface area contributed by atoms with Gasteiger partial charge in [-0.3, -0.25) is 19.5 Å². The number of nitrogens with one attached hydrogen (secondary N) is 1. The van der Waals surface area contributed by atoms with Gasteiger partial charge in [0, 0.05) is 11.8 Å². The summed E-state index contributed by atoms with van der Waals surface area (Å²) >= 11 is 0. The highest BCUT2D eigenvalue weighted by Gasteiger charge is 2.16. The van der Waals surface area contributed by atoms with Gasteiger partial charge >= 0.3 is 5.76 Å². The van der Waals surface area contributed by atoms with Gasteiger partial charge < -0.3 is 9.73 Å². The first kappa shape index (κ1) is 19.7. The van der Waals surface area contributed by atoms with E-state index in [4.69, 9.17) is 4.42 Å². The number of fused-ring (bicyclic) bond motifs is 1. The Bertz CT molecular complexity index is 1340. The molecule has 0 aliphatic heterocycles. The van der Waals surface area contributed by atoms with E-state index in [1.54, 1.807) is 24.3 Å². The van der Waals surface area contributed by atoms with E-state index < -0.39 is 16.6 Å². The number of carbonyl (C=O) groups excluding carboxylic acids is 1. The van der Waals surface area contributed by atoms with Crippen molar-refractivity contribution in [2.75, 3.05) is 5.32 Å². The number of aromatic nitrogens is 1. The normalized spacial score (nSPS) is 11.1. The minimum atomic E-state index is -0.776. The number of nitrogens with zero attached hydrogens (tertiary/aromatic N) is 4. The number of rotatable bonds is 6. The molecule has 0 spiro atoms. The molecule has 31 heavy (non-hydrogen) atoms. The lowest BCUT2D eigenvalue weighted by Gasteiger charge is -2.06. The summed E-state index contributed by atoms with van der Waals surface area (Å²) in [5.41, 5.74) is 1.98. The number of carbonyl (C=O) groups is 1. The van der Waals surface area contributed by atoms with Crippen LogP contribution in [0.3, 0.4) is 0 Å². The molecule has 3 aromatic carbocycles. The molecule has 0 saturated carbocycles. The molecule has 0 saturated heterocycles. The SMILES string of the molecule is O=C(Cn1c(=O)oc2cc([N+](=O)[O-])ccc21)Nc1ccc(N=Nc2ccccc2)cc1. The number of hydrogen-bond acceptors (Lipinski definition) is 7. The summed E-state index contributed by atoms with van der Waals surface area (Å²) in [6.07, 6.45) is 0. The molecule has 154 valence electrons. The molecule has 10 heteroatoms. The van der Waals surface area contributed by atoms with Crippen LogP contribution in [0, 0.1) is 10.1 Å². The van der Waals surface area contributed by atoms with Gasteiger partial charge in [-0.05, 0) is 42.5 Å². The van der Waals surface area contributed by atoms with E-state index in [1.807, 2.05) is 30.3 Å². The standard InChI is InChI=1S/C21H15N5O5/c27-20(13-25-18-11-10-17(26(29)30)12-19(18)31-21(25)28)22-14-6-8-16(9-7-14)24-23-15-4-2-1-3-5-15/h1-12H,13H2,(H,22,27). The first-order valence-corrected chi connectivity index (χ1v) is 9.14. The zero-order chi connectivity index (χ0) is 21.8. The Labute approximate surface area is 174 Å². The van der Waals surface area contributed by atoms with Gasteiger partial charge in [-0.1, -0.05) is 18.2 Å². The van der Waals surface area contributed by atoms with Crippen molar-refractivity contribution in [1.29, 1.82) is 0 Å². The van der Waals surface area contributed by atoms with Crippen molar-refractivity contribution in [3.05, 3.63) is 93.5 Å². The third-order valence-electron chi connectivity index (χ3n) is 4.35. The third-order valence-corrected chi connectivity index (χ3v) is 4.35.